The SMILES string of the molecule is O=[N+]([O-])c1cnc(N2CCN(CCC(F)(F)F)CC2)c(Cl)c1.O=[N+]([O-])c1cnc(N2CCNCC2)c(Cl)c1. The second-order valence-electron chi connectivity index (χ2n) is 8.44. The van der Waals surface area contributed by atoms with E-state index in [0.717, 1.165) is 32.4 Å². The van der Waals surface area contributed by atoms with Gasteiger partial charge in [0.05, 0.1) is 26.3 Å². The first kappa shape index (κ1) is 29.5. The maximum Gasteiger partial charge on any atom is 0.390 e. The van der Waals surface area contributed by atoms with E-state index in [-0.39, 0.29) is 22.9 Å². The van der Waals surface area contributed by atoms with Gasteiger partial charge in [0.2, 0.25) is 0 Å². The topological polar surface area (TPSA) is 134 Å². The molecule has 2 fully saturated rings. The van der Waals surface area contributed by atoms with Crippen LogP contribution < -0.4 is 15.1 Å². The fourth-order valence-corrected chi connectivity index (χ4v) is 4.41. The minimum atomic E-state index is -4.15. The van der Waals surface area contributed by atoms with Crippen LogP contribution in [0.4, 0.5) is 36.2 Å². The van der Waals surface area contributed by atoms with E-state index in [2.05, 4.69) is 15.3 Å². The van der Waals surface area contributed by atoms with Crippen LogP contribution in [0.1, 0.15) is 6.42 Å². The van der Waals surface area contributed by atoms with Crippen molar-refractivity contribution in [2.45, 2.75) is 12.6 Å². The molecule has 0 spiro atoms. The van der Waals surface area contributed by atoms with Crippen molar-refractivity contribution >= 4 is 46.2 Å². The Morgan fingerprint density at radius 2 is 1.29 bits per heavy atom. The highest BCUT2D eigenvalue weighted by Crippen LogP contribution is 2.29. The first-order valence-electron chi connectivity index (χ1n) is 11.5. The number of alkyl halides is 3. The standard InChI is InChI=1S/C12H14ClF3N4O2.C9H11ClN4O2/c13-10-7-9(20(21)22)8-17-11(10)19-5-3-18(4-6-19)2-1-12(14,15)16;10-8-5-7(14(15)16)6-12-9(8)13-3-1-11-2-4-13/h7-8H,1-6H2;5-6,11H,1-4H2. The molecule has 17 heteroatoms. The van der Waals surface area contributed by atoms with Crippen molar-refractivity contribution in [3.63, 3.8) is 0 Å². The largest absolute Gasteiger partial charge is 0.390 e. The van der Waals surface area contributed by atoms with Crippen LogP contribution in [0, 0.1) is 20.2 Å². The number of nitro groups is 2. The molecule has 0 unspecified atom stereocenters. The Labute approximate surface area is 225 Å². The van der Waals surface area contributed by atoms with Gasteiger partial charge in [-0.05, 0) is 0 Å². The van der Waals surface area contributed by atoms with E-state index in [1.807, 2.05) is 9.80 Å². The van der Waals surface area contributed by atoms with Crippen molar-refractivity contribution in [3.8, 4) is 0 Å². The Hall–Kier alpha value is -3.01. The zero-order valence-electron chi connectivity index (χ0n) is 20.0. The molecule has 0 saturated carbocycles. The van der Waals surface area contributed by atoms with Crippen molar-refractivity contribution < 1.29 is 23.0 Å². The molecular weight excluding hydrogens is 556 g/mol. The molecule has 4 rings (SSSR count). The number of piperazine rings is 2. The molecule has 0 bridgehead atoms. The van der Waals surface area contributed by atoms with Gasteiger partial charge in [-0.1, -0.05) is 23.2 Å². The number of halogens is 5. The van der Waals surface area contributed by atoms with E-state index in [1.54, 1.807) is 4.90 Å². The molecule has 2 aromatic rings. The Bertz CT molecular complexity index is 1130. The van der Waals surface area contributed by atoms with Crippen molar-refractivity contribution in [1.29, 1.82) is 0 Å². The summed E-state index contributed by atoms with van der Waals surface area (Å²) in [6, 6.07) is 2.56. The van der Waals surface area contributed by atoms with Gasteiger partial charge in [-0.15, -0.1) is 0 Å². The minimum Gasteiger partial charge on any atom is -0.353 e. The van der Waals surface area contributed by atoms with E-state index >= 15 is 0 Å². The molecule has 0 radical (unpaired) electrons. The fourth-order valence-electron chi connectivity index (χ4n) is 3.85. The maximum atomic E-state index is 12.2. The summed E-state index contributed by atoms with van der Waals surface area (Å²) in [5, 5.41) is 24.9. The number of hydrogen-bond acceptors (Lipinski definition) is 10. The predicted octanol–water partition coefficient (Wildman–Crippen LogP) is 3.77. The van der Waals surface area contributed by atoms with E-state index in [1.165, 1.54) is 18.3 Å². The number of hydrogen-bond donors (Lipinski definition) is 1. The third-order valence-corrected chi connectivity index (χ3v) is 6.39. The van der Waals surface area contributed by atoms with Crippen LogP contribution >= 0.6 is 23.2 Å². The summed E-state index contributed by atoms with van der Waals surface area (Å²) in [5.41, 5.74) is -0.276. The lowest BCUT2D eigenvalue weighted by Gasteiger charge is -2.35. The van der Waals surface area contributed by atoms with Crippen LogP contribution in [0.15, 0.2) is 24.5 Å². The first-order valence-corrected chi connectivity index (χ1v) is 12.3. The van der Waals surface area contributed by atoms with E-state index in [4.69, 9.17) is 23.2 Å². The summed E-state index contributed by atoms with van der Waals surface area (Å²) in [5.74, 6) is 1.04. The molecule has 2 aliphatic rings. The summed E-state index contributed by atoms with van der Waals surface area (Å²) in [6.45, 7) is 5.21. The zero-order chi connectivity index (χ0) is 27.9. The lowest BCUT2D eigenvalue weighted by molar-refractivity contribution is -0.385. The molecule has 1 N–H and O–H groups in total. The molecular formula is C21H25Cl2F3N8O4. The molecule has 0 atom stereocenters. The summed E-state index contributed by atoms with van der Waals surface area (Å²) in [6.07, 6.45) is -2.62. The number of pyridine rings is 2. The van der Waals surface area contributed by atoms with Gasteiger partial charge in [0.1, 0.15) is 24.0 Å². The van der Waals surface area contributed by atoms with Crippen LogP contribution in [0.2, 0.25) is 10.0 Å². The third kappa shape index (κ3) is 8.51. The summed E-state index contributed by atoms with van der Waals surface area (Å²) < 4.78 is 36.6. The third-order valence-electron chi connectivity index (χ3n) is 5.84. The van der Waals surface area contributed by atoms with Gasteiger partial charge < -0.3 is 15.1 Å². The number of anilines is 2. The molecule has 4 heterocycles. The average molecular weight is 581 g/mol. The highest BCUT2D eigenvalue weighted by atomic mass is 35.5. The number of nitrogens with one attached hydrogen (secondary N) is 1. The second kappa shape index (κ2) is 13.2. The van der Waals surface area contributed by atoms with Gasteiger partial charge in [0.25, 0.3) is 11.4 Å². The smallest absolute Gasteiger partial charge is 0.353 e. The summed E-state index contributed by atoms with van der Waals surface area (Å²) >= 11 is 12.0. The zero-order valence-corrected chi connectivity index (χ0v) is 21.5. The van der Waals surface area contributed by atoms with Gasteiger partial charge >= 0.3 is 6.18 Å². The van der Waals surface area contributed by atoms with Crippen LogP contribution in [-0.2, 0) is 0 Å². The van der Waals surface area contributed by atoms with Gasteiger partial charge in [-0.3, -0.25) is 25.1 Å². The number of nitrogens with zero attached hydrogens (tertiary/aromatic N) is 7. The number of aromatic nitrogens is 2. The Balaban J connectivity index is 0.000000221. The van der Waals surface area contributed by atoms with E-state index < -0.39 is 22.4 Å². The lowest BCUT2D eigenvalue weighted by Crippen LogP contribution is -2.47. The lowest BCUT2D eigenvalue weighted by atomic mass is 10.2. The quantitative estimate of drug-likeness (QED) is 0.397. The molecule has 2 aliphatic heterocycles. The molecule has 208 valence electrons. The average Bonchev–Trinajstić information content (AvgIpc) is 2.88. The highest BCUT2D eigenvalue weighted by molar-refractivity contribution is 6.33. The summed E-state index contributed by atoms with van der Waals surface area (Å²) in [4.78, 5) is 33.7. The molecule has 38 heavy (non-hydrogen) atoms. The maximum absolute atomic E-state index is 12.2. The predicted molar refractivity (Wildman–Crippen MR) is 136 cm³/mol. The van der Waals surface area contributed by atoms with Crippen LogP contribution in [0.5, 0.6) is 0 Å². The van der Waals surface area contributed by atoms with Gasteiger partial charge in [0, 0.05) is 71.0 Å². The van der Waals surface area contributed by atoms with E-state index in [0.29, 0.717) is 42.8 Å². The molecule has 0 aromatic carbocycles. The Kier molecular flexibility index (Phi) is 10.2. The highest BCUT2D eigenvalue weighted by Gasteiger charge is 2.29. The van der Waals surface area contributed by atoms with Gasteiger partial charge in [-0.25, -0.2) is 9.97 Å². The van der Waals surface area contributed by atoms with Crippen LogP contribution in [0.25, 0.3) is 0 Å². The second-order valence-corrected chi connectivity index (χ2v) is 9.26. The first-order chi connectivity index (χ1) is 17.9. The minimum absolute atomic E-state index is 0.0290. The number of rotatable bonds is 6. The molecule has 2 aromatic heterocycles. The normalized spacial score (nSPS) is 16.6. The molecule has 2 saturated heterocycles. The monoisotopic (exact) mass is 580 g/mol. The Morgan fingerprint density at radius 1 is 0.842 bits per heavy atom. The fraction of sp³-hybridized carbons (Fsp3) is 0.524. The van der Waals surface area contributed by atoms with E-state index in [9.17, 15) is 33.4 Å². The molecule has 0 aliphatic carbocycles. The van der Waals surface area contributed by atoms with Crippen molar-refractivity contribution in [2.24, 2.45) is 0 Å². The molecule has 0 amide bonds. The van der Waals surface area contributed by atoms with Gasteiger partial charge in [0.15, 0.2) is 0 Å². The Morgan fingerprint density at radius 3 is 1.68 bits per heavy atom. The van der Waals surface area contributed by atoms with Crippen LogP contribution in [-0.4, -0.2) is 89.8 Å². The molecule has 12 nitrogen and oxygen atoms in total. The van der Waals surface area contributed by atoms with Crippen LogP contribution in [0.3, 0.4) is 0 Å². The summed E-state index contributed by atoms with van der Waals surface area (Å²) in [7, 11) is 0. The van der Waals surface area contributed by atoms with Gasteiger partial charge in [-0.2, -0.15) is 13.2 Å². The van der Waals surface area contributed by atoms with Crippen molar-refractivity contribution in [1.82, 2.24) is 20.2 Å². The van der Waals surface area contributed by atoms with Crippen molar-refractivity contribution in [3.05, 3.63) is 54.8 Å². The van der Waals surface area contributed by atoms with Crippen molar-refractivity contribution in [2.75, 3.05) is 68.7 Å².